The summed E-state index contributed by atoms with van der Waals surface area (Å²) in [6.07, 6.45) is -0.857. The van der Waals surface area contributed by atoms with Crippen molar-refractivity contribution in [3.05, 3.63) is 93.5 Å². The molecule has 0 bridgehead atoms. The average Bonchev–Trinajstić information content (AvgIpc) is 2.68. The summed E-state index contributed by atoms with van der Waals surface area (Å²) in [5.41, 5.74) is 3.09. The number of aliphatic hydroxyl groups is 2. The van der Waals surface area contributed by atoms with E-state index in [1.54, 1.807) is 42.5 Å². The van der Waals surface area contributed by atoms with Crippen LogP contribution in [0.3, 0.4) is 0 Å². The van der Waals surface area contributed by atoms with Crippen molar-refractivity contribution in [1.29, 1.82) is 0 Å². The SMILES string of the molecule is O=P(O)(O)[C@H](O)c1ccc(-c2ccc([C@@H](O)c3ccc(Cl)c(Cl)c3)cc2)cc1. The third-order valence-corrected chi connectivity index (χ3v) is 6.02. The van der Waals surface area contributed by atoms with Crippen LogP contribution in [0, 0.1) is 0 Å². The summed E-state index contributed by atoms with van der Waals surface area (Å²) >= 11 is 11.9. The largest absolute Gasteiger partial charge is 0.384 e. The maximum atomic E-state index is 11.1. The van der Waals surface area contributed by atoms with E-state index in [1.807, 2.05) is 12.1 Å². The molecule has 146 valence electrons. The molecule has 0 radical (unpaired) electrons. The highest BCUT2D eigenvalue weighted by Gasteiger charge is 2.27. The monoisotopic (exact) mass is 438 g/mol. The molecule has 2 atom stereocenters. The van der Waals surface area contributed by atoms with Gasteiger partial charge in [-0.1, -0.05) is 77.8 Å². The van der Waals surface area contributed by atoms with E-state index < -0.39 is 19.5 Å². The fraction of sp³-hybridized carbons (Fsp3) is 0.100. The number of halogens is 2. The fourth-order valence-electron chi connectivity index (χ4n) is 2.77. The quantitative estimate of drug-likeness (QED) is 0.424. The Bertz CT molecular complexity index is 1020. The molecular formula is C20H17Cl2O5P. The molecule has 3 rings (SSSR count). The van der Waals surface area contributed by atoms with Crippen molar-refractivity contribution in [2.45, 2.75) is 11.9 Å². The Morgan fingerprint density at radius 3 is 1.61 bits per heavy atom. The predicted molar refractivity (Wildman–Crippen MR) is 109 cm³/mol. The first-order valence-corrected chi connectivity index (χ1v) is 10.7. The summed E-state index contributed by atoms with van der Waals surface area (Å²) in [5, 5.41) is 21.0. The van der Waals surface area contributed by atoms with Gasteiger partial charge in [0.25, 0.3) is 0 Å². The van der Waals surface area contributed by atoms with E-state index in [9.17, 15) is 14.8 Å². The Morgan fingerprint density at radius 2 is 1.14 bits per heavy atom. The van der Waals surface area contributed by atoms with Crippen LogP contribution in [0.25, 0.3) is 11.1 Å². The molecule has 4 N–H and O–H groups in total. The fourth-order valence-corrected chi connectivity index (χ4v) is 3.64. The third kappa shape index (κ3) is 4.65. The predicted octanol–water partition coefficient (Wildman–Crippen LogP) is 4.91. The Kier molecular flexibility index (Phi) is 6.28. The van der Waals surface area contributed by atoms with Crippen molar-refractivity contribution in [1.82, 2.24) is 0 Å². The summed E-state index contributed by atoms with van der Waals surface area (Å²) in [6.45, 7) is 0. The summed E-state index contributed by atoms with van der Waals surface area (Å²) in [5.74, 6) is -1.84. The minimum Gasteiger partial charge on any atom is -0.384 e. The molecule has 3 aromatic rings. The summed E-state index contributed by atoms with van der Waals surface area (Å²) < 4.78 is 11.1. The van der Waals surface area contributed by atoms with Crippen LogP contribution in [0.5, 0.6) is 0 Å². The molecule has 0 spiro atoms. The van der Waals surface area contributed by atoms with E-state index in [-0.39, 0.29) is 5.56 Å². The zero-order valence-corrected chi connectivity index (χ0v) is 16.8. The number of aliphatic hydroxyl groups excluding tert-OH is 2. The number of hydrogen-bond donors (Lipinski definition) is 4. The van der Waals surface area contributed by atoms with Gasteiger partial charge in [-0.3, -0.25) is 4.57 Å². The minimum atomic E-state index is -4.61. The molecule has 3 aromatic carbocycles. The summed E-state index contributed by atoms with van der Waals surface area (Å²) in [7, 11) is -4.61. The van der Waals surface area contributed by atoms with Crippen LogP contribution in [0.4, 0.5) is 0 Å². The van der Waals surface area contributed by atoms with E-state index in [2.05, 4.69) is 0 Å². The number of benzene rings is 3. The molecule has 0 aliphatic heterocycles. The van der Waals surface area contributed by atoms with Gasteiger partial charge >= 0.3 is 7.60 Å². The summed E-state index contributed by atoms with van der Waals surface area (Å²) in [6, 6.07) is 18.4. The second kappa shape index (κ2) is 8.36. The van der Waals surface area contributed by atoms with Gasteiger partial charge in [0.1, 0.15) is 6.10 Å². The molecular weight excluding hydrogens is 422 g/mol. The minimum absolute atomic E-state index is 0.142. The Morgan fingerprint density at radius 1 is 0.679 bits per heavy atom. The van der Waals surface area contributed by atoms with Gasteiger partial charge in [0.15, 0.2) is 5.85 Å². The average molecular weight is 439 g/mol. The van der Waals surface area contributed by atoms with Crippen LogP contribution in [0.2, 0.25) is 10.0 Å². The molecule has 0 unspecified atom stereocenters. The normalized spacial score (nSPS) is 13.9. The van der Waals surface area contributed by atoms with E-state index >= 15 is 0 Å². The van der Waals surface area contributed by atoms with Gasteiger partial charge in [0, 0.05) is 0 Å². The molecule has 28 heavy (non-hydrogen) atoms. The van der Waals surface area contributed by atoms with Crippen LogP contribution in [0.1, 0.15) is 28.6 Å². The molecule has 0 fully saturated rings. The zero-order chi connectivity index (χ0) is 20.5. The molecule has 0 aliphatic carbocycles. The van der Waals surface area contributed by atoms with Crippen LogP contribution < -0.4 is 0 Å². The van der Waals surface area contributed by atoms with E-state index in [0.29, 0.717) is 21.2 Å². The molecule has 8 heteroatoms. The van der Waals surface area contributed by atoms with Crippen molar-refractivity contribution in [3.8, 4) is 11.1 Å². The lowest BCUT2D eigenvalue weighted by Gasteiger charge is -2.14. The van der Waals surface area contributed by atoms with Crippen molar-refractivity contribution in [2.24, 2.45) is 0 Å². The molecule has 0 amide bonds. The molecule has 0 saturated heterocycles. The molecule has 0 saturated carbocycles. The topological polar surface area (TPSA) is 98.0 Å². The maximum absolute atomic E-state index is 11.1. The second-order valence-corrected chi connectivity index (χ2v) is 8.76. The third-order valence-electron chi connectivity index (χ3n) is 4.35. The lowest BCUT2D eigenvalue weighted by molar-refractivity contribution is 0.205. The van der Waals surface area contributed by atoms with E-state index in [1.165, 1.54) is 12.1 Å². The van der Waals surface area contributed by atoms with Gasteiger partial charge in [-0.25, -0.2) is 0 Å². The Hall–Kier alpha value is -1.69. The van der Waals surface area contributed by atoms with Crippen molar-refractivity contribution < 1.29 is 24.6 Å². The van der Waals surface area contributed by atoms with E-state index in [0.717, 1.165) is 11.1 Å². The van der Waals surface area contributed by atoms with Crippen LogP contribution in [-0.4, -0.2) is 20.0 Å². The molecule has 0 aromatic heterocycles. The first-order chi connectivity index (χ1) is 13.2. The first kappa shape index (κ1) is 21.0. The van der Waals surface area contributed by atoms with Crippen LogP contribution in [-0.2, 0) is 4.57 Å². The van der Waals surface area contributed by atoms with Crippen molar-refractivity contribution >= 4 is 30.8 Å². The molecule has 0 heterocycles. The molecule has 0 aliphatic rings. The molecule has 5 nitrogen and oxygen atoms in total. The van der Waals surface area contributed by atoms with Gasteiger partial charge in [0.05, 0.1) is 10.0 Å². The Balaban J connectivity index is 1.80. The van der Waals surface area contributed by atoms with Gasteiger partial charge in [-0.05, 0) is 39.9 Å². The highest BCUT2D eigenvalue weighted by Crippen LogP contribution is 2.49. The Labute approximate surface area is 172 Å². The smallest absolute Gasteiger partial charge is 0.358 e. The zero-order valence-electron chi connectivity index (χ0n) is 14.4. The standard InChI is InChI=1S/C20H17Cl2O5P/c21-17-10-9-16(11-18(17)22)19(23)14-5-1-12(2-6-14)13-3-7-15(8-4-13)20(24)28(25,26)27/h1-11,19-20,23-24H,(H2,25,26,27)/t19-,20+/m1/s1. The second-order valence-electron chi connectivity index (χ2n) is 6.28. The highest BCUT2D eigenvalue weighted by atomic mass is 35.5. The van der Waals surface area contributed by atoms with Crippen LogP contribution >= 0.6 is 30.8 Å². The van der Waals surface area contributed by atoms with Gasteiger partial charge < -0.3 is 20.0 Å². The van der Waals surface area contributed by atoms with E-state index in [4.69, 9.17) is 33.0 Å². The van der Waals surface area contributed by atoms with Gasteiger partial charge in [0.2, 0.25) is 0 Å². The van der Waals surface area contributed by atoms with Gasteiger partial charge in [-0.2, -0.15) is 0 Å². The summed E-state index contributed by atoms with van der Waals surface area (Å²) in [4.78, 5) is 18.1. The highest BCUT2D eigenvalue weighted by molar-refractivity contribution is 7.51. The number of hydrogen-bond acceptors (Lipinski definition) is 3. The maximum Gasteiger partial charge on any atom is 0.358 e. The van der Waals surface area contributed by atoms with Crippen molar-refractivity contribution in [2.75, 3.05) is 0 Å². The van der Waals surface area contributed by atoms with Crippen molar-refractivity contribution in [3.63, 3.8) is 0 Å². The first-order valence-electron chi connectivity index (χ1n) is 8.23. The van der Waals surface area contributed by atoms with Crippen LogP contribution in [0.15, 0.2) is 66.7 Å². The lowest BCUT2D eigenvalue weighted by atomic mass is 9.98. The van der Waals surface area contributed by atoms with Gasteiger partial charge in [-0.15, -0.1) is 0 Å². The lowest BCUT2D eigenvalue weighted by Crippen LogP contribution is -1.99. The number of rotatable bonds is 5.